The first-order chi connectivity index (χ1) is 10.3. The van der Waals surface area contributed by atoms with Crippen LogP contribution in [0.2, 0.25) is 0 Å². The van der Waals surface area contributed by atoms with E-state index in [-0.39, 0.29) is 6.42 Å². The van der Waals surface area contributed by atoms with E-state index in [2.05, 4.69) is 4.98 Å². The summed E-state index contributed by atoms with van der Waals surface area (Å²) in [6.07, 6.45) is 5.51. The number of aliphatic carboxylic acids is 1. The van der Waals surface area contributed by atoms with E-state index in [4.69, 9.17) is 9.84 Å². The van der Waals surface area contributed by atoms with Gasteiger partial charge in [0.25, 0.3) is 0 Å². The maximum atomic E-state index is 10.8. The molecule has 1 aromatic heterocycles. The van der Waals surface area contributed by atoms with E-state index in [0.29, 0.717) is 13.2 Å². The molecule has 0 aliphatic heterocycles. The number of pyridine rings is 1. The summed E-state index contributed by atoms with van der Waals surface area (Å²) in [7, 11) is 0. The number of rotatable bonds is 8. The minimum absolute atomic E-state index is 0.0382. The average molecular weight is 285 g/mol. The summed E-state index contributed by atoms with van der Waals surface area (Å²) >= 11 is 0. The first-order valence-electron chi connectivity index (χ1n) is 7.01. The van der Waals surface area contributed by atoms with Gasteiger partial charge in [-0.25, -0.2) is 0 Å². The van der Waals surface area contributed by atoms with Crippen molar-refractivity contribution in [2.75, 3.05) is 6.61 Å². The predicted molar refractivity (Wildman–Crippen MR) is 80.0 cm³/mol. The molecule has 1 N–H and O–H groups in total. The fraction of sp³-hybridized carbons (Fsp3) is 0.294. The van der Waals surface area contributed by atoms with Gasteiger partial charge in [-0.3, -0.25) is 9.78 Å². The van der Waals surface area contributed by atoms with Crippen LogP contribution >= 0.6 is 0 Å². The number of hydrogen-bond donors (Lipinski definition) is 1. The highest BCUT2D eigenvalue weighted by Gasteiger charge is 2.06. The smallest absolute Gasteiger partial charge is 0.307 e. The third-order valence-electron chi connectivity index (χ3n) is 3.22. The van der Waals surface area contributed by atoms with Crippen LogP contribution in [0.25, 0.3) is 0 Å². The normalized spacial score (nSPS) is 10.5. The molecule has 21 heavy (non-hydrogen) atoms. The molecule has 0 atom stereocenters. The summed E-state index contributed by atoms with van der Waals surface area (Å²) in [6.45, 7) is 1.11. The number of carboxylic acid groups (broad SMARTS) is 1. The summed E-state index contributed by atoms with van der Waals surface area (Å²) in [5, 5.41) is 8.88. The standard InChI is InChI=1S/C17H19NO3/c19-17(20)12-15-5-1-2-6-16(15)13-21-11-3-4-14-7-9-18-10-8-14/h1-2,5-10H,3-4,11-13H2,(H,19,20). The number of carbonyl (C=O) groups is 1. The molecule has 4 heteroatoms. The summed E-state index contributed by atoms with van der Waals surface area (Å²) in [5.74, 6) is -0.819. The van der Waals surface area contributed by atoms with Gasteiger partial charge in [0.1, 0.15) is 0 Å². The second-order valence-corrected chi connectivity index (χ2v) is 4.85. The number of aromatic nitrogens is 1. The Kier molecular flexibility index (Phi) is 5.91. The van der Waals surface area contributed by atoms with Crippen LogP contribution in [0.4, 0.5) is 0 Å². The van der Waals surface area contributed by atoms with Crippen LogP contribution in [0.3, 0.4) is 0 Å². The second-order valence-electron chi connectivity index (χ2n) is 4.85. The number of nitrogens with zero attached hydrogens (tertiary/aromatic N) is 1. The highest BCUT2D eigenvalue weighted by atomic mass is 16.5. The fourth-order valence-electron chi connectivity index (χ4n) is 2.14. The van der Waals surface area contributed by atoms with Crippen molar-refractivity contribution in [3.05, 3.63) is 65.5 Å². The van der Waals surface area contributed by atoms with Gasteiger partial charge in [0, 0.05) is 19.0 Å². The van der Waals surface area contributed by atoms with E-state index >= 15 is 0 Å². The van der Waals surface area contributed by atoms with Crippen LogP contribution in [0, 0.1) is 0 Å². The summed E-state index contributed by atoms with van der Waals surface area (Å²) in [6, 6.07) is 11.5. The Balaban J connectivity index is 1.75. The monoisotopic (exact) mass is 285 g/mol. The van der Waals surface area contributed by atoms with Gasteiger partial charge in [-0.1, -0.05) is 24.3 Å². The molecular formula is C17H19NO3. The zero-order chi connectivity index (χ0) is 14.9. The Morgan fingerprint density at radius 1 is 1.10 bits per heavy atom. The van der Waals surface area contributed by atoms with Crippen LogP contribution in [-0.4, -0.2) is 22.7 Å². The van der Waals surface area contributed by atoms with Crippen molar-refractivity contribution in [2.45, 2.75) is 25.9 Å². The van der Waals surface area contributed by atoms with Crippen LogP contribution in [0.5, 0.6) is 0 Å². The maximum Gasteiger partial charge on any atom is 0.307 e. The summed E-state index contributed by atoms with van der Waals surface area (Å²) < 4.78 is 5.66. The second kappa shape index (κ2) is 8.17. The van der Waals surface area contributed by atoms with Crippen LogP contribution in [0.1, 0.15) is 23.1 Å². The number of aryl methyl sites for hydroxylation is 1. The molecule has 0 aliphatic rings. The number of carboxylic acids is 1. The van der Waals surface area contributed by atoms with E-state index in [9.17, 15) is 4.79 Å². The van der Waals surface area contributed by atoms with Crippen LogP contribution in [0.15, 0.2) is 48.8 Å². The Bertz CT molecular complexity index is 569. The first-order valence-corrected chi connectivity index (χ1v) is 7.01. The van der Waals surface area contributed by atoms with E-state index < -0.39 is 5.97 Å². The molecule has 2 aromatic rings. The van der Waals surface area contributed by atoms with Gasteiger partial charge in [-0.15, -0.1) is 0 Å². The Morgan fingerprint density at radius 2 is 1.81 bits per heavy atom. The lowest BCUT2D eigenvalue weighted by atomic mass is 10.1. The molecule has 0 bridgehead atoms. The lowest BCUT2D eigenvalue weighted by molar-refractivity contribution is -0.136. The van der Waals surface area contributed by atoms with Gasteiger partial charge in [-0.2, -0.15) is 0 Å². The number of ether oxygens (including phenoxy) is 1. The molecule has 1 aromatic carbocycles. The topological polar surface area (TPSA) is 59.4 Å². The molecule has 0 spiro atoms. The molecule has 0 unspecified atom stereocenters. The largest absolute Gasteiger partial charge is 0.481 e. The number of hydrogen-bond acceptors (Lipinski definition) is 3. The maximum absolute atomic E-state index is 10.8. The molecule has 0 saturated heterocycles. The zero-order valence-electron chi connectivity index (χ0n) is 11.9. The SMILES string of the molecule is O=C(O)Cc1ccccc1COCCCc1ccncc1. The predicted octanol–water partition coefficient (Wildman–Crippen LogP) is 2.86. The zero-order valence-corrected chi connectivity index (χ0v) is 11.9. The van der Waals surface area contributed by atoms with Gasteiger partial charge in [0.05, 0.1) is 13.0 Å². The fourth-order valence-corrected chi connectivity index (χ4v) is 2.14. The van der Waals surface area contributed by atoms with Gasteiger partial charge in [0.15, 0.2) is 0 Å². The van der Waals surface area contributed by atoms with E-state index in [1.54, 1.807) is 12.4 Å². The third kappa shape index (κ3) is 5.36. The molecule has 2 rings (SSSR count). The van der Waals surface area contributed by atoms with Crippen LogP contribution in [-0.2, 0) is 29.0 Å². The molecule has 0 aliphatic carbocycles. The molecule has 0 fully saturated rings. The van der Waals surface area contributed by atoms with Crippen molar-refractivity contribution >= 4 is 5.97 Å². The molecule has 0 amide bonds. The van der Waals surface area contributed by atoms with Crippen molar-refractivity contribution in [1.82, 2.24) is 4.98 Å². The molecule has 1 heterocycles. The van der Waals surface area contributed by atoms with Gasteiger partial charge in [-0.05, 0) is 41.7 Å². The van der Waals surface area contributed by atoms with Crippen molar-refractivity contribution < 1.29 is 14.6 Å². The lowest BCUT2D eigenvalue weighted by Gasteiger charge is -2.08. The summed E-state index contributed by atoms with van der Waals surface area (Å²) in [4.78, 5) is 14.8. The highest BCUT2D eigenvalue weighted by molar-refractivity contribution is 5.70. The minimum atomic E-state index is -0.819. The van der Waals surface area contributed by atoms with Gasteiger partial charge < -0.3 is 9.84 Å². The van der Waals surface area contributed by atoms with Gasteiger partial charge >= 0.3 is 5.97 Å². The van der Waals surface area contributed by atoms with Gasteiger partial charge in [0.2, 0.25) is 0 Å². The van der Waals surface area contributed by atoms with E-state index in [1.165, 1.54) is 5.56 Å². The van der Waals surface area contributed by atoms with Crippen molar-refractivity contribution in [1.29, 1.82) is 0 Å². The Labute approximate surface area is 124 Å². The molecule has 0 saturated carbocycles. The Hall–Kier alpha value is -2.20. The van der Waals surface area contributed by atoms with Crippen LogP contribution < -0.4 is 0 Å². The highest BCUT2D eigenvalue weighted by Crippen LogP contribution is 2.11. The minimum Gasteiger partial charge on any atom is -0.481 e. The molecule has 0 radical (unpaired) electrons. The number of benzene rings is 1. The van der Waals surface area contributed by atoms with Crippen molar-refractivity contribution in [3.8, 4) is 0 Å². The quantitative estimate of drug-likeness (QED) is 0.758. The van der Waals surface area contributed by atoms with E-state index in [0.717, 1.165) is 24.0 Å². The van der Waals surface area contributed by atoms with Crippen molar-refractivity contribution in [2.24, 2.45) is 0 Å². The average Bonchev–Trinajstić information content (AvgIpc) is 2.49. The molecule has 110 valence electrons. The van der Waals surface area contributed by atoms with Crippen molar-refractivity contribution in [3.63, 3.8) is 0 Å². The lowest BCUT2D eigenvalue weighted by Crippen LogP contribution is -2.05. The third-order valence-corrected chi connectivity index (χ3v) is 3.22. The summed E-state index contributed by atoms with van der Waals surface area (Å²) in [5.41, 5.74) is 3.02. The first kappa shape index (κ1) is 15.2. The molecule has 4 nitrogen and oxygen atoms in total. The Morgan fingerprint density at radius 3 is 2.52 bits per heavy atom. The van der Waals surface area contributed by atoms with E-state index in [1.807, 2.05) is 36.4 Å². The molecular weight excluding hydrogens is 266 g/mol.